The number of esters is 1. The average molecular weight is 461 g/mol. The molecule has 2 aromatic heterocycles. The molecule has 3 N–H and O–H groups in total. The largest absolute Gasteiger partial charge is 0.458 e. The van der Waals surface area contributed by atoms with E-state index in [4.69, 9.17) is 15.5 Å². The van der Waals surface area contributed by atoms with E-state index in [1.54, 1.807) is 17.6 Å². The van der Waals surface area contributed by atoms with Gasteiger partial charge < -0.3 is 20.1 Å². The van der Waals surface area contributed by atoms with Crippen LogP contribution in [-0.4, -0.2) is 20.6 Å². The molecule has 0 spiro atoms. The Kier molecular flexibility index (Phi) is 3.89. The van der Waals surface area contributed by atoms with Crippen LogP contribution in [0.25, 0.3) is 22.3 Å². The minimum atomic E-state index is -1.84. The van der Waals surface area contributed by atoms with Gasteiger partial charge in [-0.15, -0.1) is 0 Å². The van der Waals surface area contributed by atoms with Crippen molar-refractivity contribution in [2.24, 2.45) is 11.7 Å². The van der Waals surface area contributed by atoms with Crippen LogP contribution in [0.15, 0.2) is 16.9 Å². The minimum absolute atomic E-state index is 0.160. The first-order valence-electron chi connectivity index (χ1n) is 11.8. The number of carbonyl (C=O) groups is 1. The lowest BCUT2D eigenvalue weighted by Gasteiger charge is -2.32. The molecule has 3 aromatic rings. The van der Waals surface area contributed by atoms with E-state index < -0.39 is 11.6 Å². The van der Waals surface area contributed by atoms with Crippen LogP contribution >= 0.6 is 0 Å². The Hall–Kier alpha value is -3.10. The summed E-state index contributed by atoms with van der Waals surface area (Å²) < 4.78 is 21.6. The van der Waals surface area contributed by atoms with Crippen LogP contribution in [-0.2, 0) is 34.7 Å². The number of nitrogens with two attached hydrogens (primary N) is 1. The van der Waals surface area contributed by atoms with E-state index in [1.807, 2.05) is 0 Å². The summed E-state index contributed by atoms with van der Waals surface area (Å²) in [6, 6.07) is 2.92. The van der Waals surface area contributed by atoms with Crippen LogP contribution in [0, 0.1) is 18.7 Å². The number of cyclic esters (lactones) is 1. The maximum absolute atomic E-state index is 14.7. The number of aromatic nitrogens is 2. The molecule has 8 heteroatoms. The molecule has 0 amide bonds. The Morgan fingerprint density at radius 2 is 2.03 bits per heavy atom. The molecule has 1 fully saturated rings. The third-order valence-electron chi connectivity index (χ3n) is 8.19. The summed E-state index contributed by atoms with van der Waals surface area (Å²) in [6.45, 7) is 1.92. The molecule has 34 heavy (non-hydrogen) atoms. The normalized spacial score (nSPS) is 24.6. The number of fused-ring (bicyclic) bond motifs is 5. The van der Waals surface area contributed by atoms with Gasteiger partial charge in [-0.05, 0) is 54.9 Å². The number of hydrogen-bond donors (Lipinski definition) is 2. The fraction of sp³-hybridized carbons (Fsp3) is 0.423. The summed E-state index contributed by atoms with van der Waals surface area (Å²) in [4.78, 5) is 31.1. The van der Waals surface area contributed by atoms with E-state index in [0.717, 1.165) is 34.9 Å². The van der Waals surface area contributed by atoms with E-state index in [0.29, 0.717) is 53.0 Å². The van der Waals surface area contributed by atoms with E-state index in [9.17, 15) is 19.1 Å². The van der Waals surface area contributed by atoms with Gasteiger partial charge in [0.15, 0.2) is 5.60 Å². The lowest BCUT2D eigenvalue weighted by Crippen LogP contribution is -2.45. The number of nitrogens with zero attached hydrogens (tertiary/aromatic N) is 2. The van der Waals surface area contributed by atoms with Crippen molar-refractivity contribution in [1.82, 2.24) is 9.55 Å². The highest BCUT2D eigenvalue weighted by Gasteiger charge is 2.49. The topological polar surface area (TPSA) is 107 Å². The molecular weight excluding hydrogens is 437 g/mol. The third kappa shape index (κ3) is 2.50. The Labute approximate surface area is 194 Å². The van der Waals surface area contributed by atoms with Gasteiger partial charge in [-0.1, -0.05) is 12.8 Å². The fourth-order valence-corrected chi connectivity index (χ4v) is 6.19. The second-order valence-corrected chi connectivity index (χ2v) is 10.3. The summed E-state index contributed by atoms with van der Waals surface area (Å²) in [7, 11) is 0. The first kappa shape index (κ1) is 20.3. The Morgan fingerprint density at radius 3 is 2.79 bits per heavy atom. The Morgan fingerprint density at radius 1 is 1.24 bits per heavy atom. The quantitative estimate of drug-likeness (QED) is 0.445. The molecule has 7 nitrogen and oxygen atoms in total. The lowest BCUT2D eigenvalue weighted by molar-refractivity contribution is -0.173. The van der Waals surface area contributed by atoms with Crippen LogP contribution in [0.3, 0.4) is 0 Å². The molecule has 2 aliphatic carbocycles. The van der Waals surface area contributed by atoms with Crippen molar-refractivity contribution in [3.05, 3.63) is 61.7 Å². The van der Waals surface area contributed by atoms with Crippen LogP contribution in [0.1, 0.15) is 65.1 Å². The minimum Gasteiger partial charge on any atom is -0.458 e. The Bertz CT molecular complexity index is 1520. The summed E-state index contributed by atoms with van der Waals surface area (Å²) in [5.41, 5.74) is 10.0. The average Bonchev–Trinajstić information content (AvgIpc) is 3.54. The van der Waals surface area contributed by atoms with E-state index >= 15 is 0 Å². The molecule has 7 rings (SSSR count). The predicted molar refractivity (Wildman–Crippen MR) is 122 cm³/mol. The van der Waals surface area contributed by atoms with Crippen molar-refractivity contribution in [3.63, 3.8) is 0 Å². The number of hydrogen-bond acceptors (Lipinski definition) is 6. The molecule has 2 atom stereocenters. The molecular formula is C26H24FN3O4. The predicted octanol–water partition coefficient (Wildman–Crippen LogP) is 2.86. The number of pyridine rings is 2. The third-order valence-corrected chi connectivity index (χ3v) is 8.19. The van der Waals surface area contributed by atoms with Crippen molar-refractivity contribution in [2.75, 3.05) is 0 Å². The van der Waals surface area contributed by atoms with E-state index in [2.05, 4.69) is 0 Å². The number of carbonyl (C=O) groups excluding carboxylic acids is 1. The standard InChI is InChI=1S/C26H24FN3O4/c1-11-13-4-5-18(28)21-14-9-30-20(23(14)29-19(22(13)21)7-17(11)27)6-16-15(24(30)31)10-34-25(32)26(16,33)8-12-2-3-12/h6-7,12,18,33H,2-5,8-10,28H2,1H3. The molecule has 2 aliphatic heterocycles. The maximum Gasteiger partial charge on any atom is 0.343 e. The van der Waals surface area contributed by atoms with Crippen LogP contribution in [0.4, 0.5) is 4.39 Å². The molecule has 0 bridgehead atoms. The first-order chi connectivity index (χ1) is 16.3. The van der Waals surface area contributed by atoms with Gasteiger partial charge in [0, 0.05) is 28.6 Å². The molecule has 174 valence electrons. The fourth-order valence-electron chi connectivity index (χ4n) is 6.19. The molecule has 0 radical (unpaired) electrons. The number of rotatable bonds is 2. The highest BCUT2D eigenvalue weighted by atomic mass is 19.1. The van der Waals surface area contributed by atoms with Gasteiger partial charge in [0.05, 0.1) is 29.0 Å². The zero-order chi connectivity index (χ0) is 23.5. The number of halogens is 1. The zero-order valence-corrected chi connectivity index (χ0v) is 18.8. The van der Waals surface area contributed by atoms with Gasteiger partial charge in [0.25, 0.3) is 5.56 Å². The number of benzene rings is 1. The van der Waals surface area contributed by atoms with Gasteiger partial charge in [-0.2, -0.15) is 0 Å². The van der Waals surface area contributed by atoms with Crippen LogP contribution < -0.4 is 11.3 Å². The molecule has 2 unspecified atom stereocenters. The van der Waals surface area contributed by atoms with Crippen molar-refractivity contribution < 1.29 is 19.0 Å². The monoisotopic (exact) mass is 461 g/mol. The second-order valence-electron chi connectivity index (χ2n) is 10.3. The molecule has 1 saturated carbocycles. The SMILES string of the molecule is Cc1c(F)cc2nc3c(c4c2c1CCC4N)Cn1c-3cc2c(c1=O)COC(=O)C2(O)CC1CC1. The highest BCUT2D eigenvalue weighted by molar-refractivity contribution is 5.93. The van der Waals surface area contributed by atoms with Crippen LogP contribution in [0.2, 0.25) is 0 Å². The van der Waals surface area contributed by atoms with Crippen molar-refractivity contribution >= 4 is 16.9 Å². The van der Waals surface area contributed by atoms with Gasteiger partial charge in [0.2, 0.25) is 0 Å². The van der Waals surface area contributed by atoms with Gasteiger partial charge in [-0.3, -0.25) is 4.79 Å². The lowest BCUT2D eigenvalue weighted by atomic mass is 9.82. The van der Waals surface area contributed by atoms with Crippen LogP contribution in [0.5, 0.6) is 0 Å². The number of aryl methyl sites for hydroxylation is 1. The molecule has 1 aromatic carbocycles. The van der Waals surface area contributed by atoms with Crippen molar-refractivity contribution in [3.8, 4) is 11.4 Å². The molecule has 0 saturated heterocycles. The van der Waals surface area contributed by atoms with Gasteiger partial charge in [0.1, 0.15) is 12.4 Å². The van der Waals surface area contributed by atoms with E-state index in [1.165, 1.54) is 6.07 Å². The number of aliphatic hydroxyl groups is 1. The highest BCUT2D eigenvalue weighted by Crippen LogP contribution is 2.47. The number of ether oxygens (including phenoxy) is 1. The summed E-state index contributed by atoms with van der Waals surface area (Å²) in [6.07, 6.45) is 3.50. The van der Waals surface area contributed by atoms with E-state index in [-0.39, 0.29) is 36.4 Å². The van der Waals surface area contributed by atoms with Crippen molar-refractivity contribution in [1.29, 1.82) is 0 Å². The maximum atomic E-state index is 14.7. The summed E-state index contributed by atoms with van der Waals surface area (Å²) in [5.74, 6) is -0.778. The summed E-state index contributed by atoms with van der Waals surface area (Å²) >= 11 is 0. The van der Waals surface area contributed by atoms with Crippen molar-refractivity contribution in [2.45, 2.75) is 63.8 Å². The first-order valence-corrected chi connectivity index (χ1v) is 11.8. The Balaban J connectivity index is 1.52. The summed E-state index contributed by atoms with van der Waals surface area (Å²) in [5, 5.41) is 12.3. The smallest absolute Gasteiger partial charge is 0.343 e. The molecule has 4 heterocycles. The van der Waals surface area contributed by atoms with Gasteiger partial charge in [-0.25, -0.2) is 14.2 Å². The second kappa shape index (κ2) is 6.52. The zero-order valence-electron chi connectivity index (χ0n) is 18.8. The molecule has 4 aliphatic rings. The van der Waals surface area contributed by atoms with Gasteiger partial charge >= 0.3 is 5.97 Å².